The van der Waals surface area contributed by atoms with E-state index >= 15 is 0 Å². The molecule has 5 rings (SSSR count). The van der Waals surface area contributed by atoms with E-state index in [1.807, 2.05) is 55.5 Å². The first-order valence-corrected chi connectivity index (χ1v) is 12.1. The lowest BCUT2D eigenvalue weighted by Gasteiger charge is -2.38. The summed E-state index contributed by atoms with van der Waals surface area (Å²) in [5.74, 6) is -0.259. The fourth-order valence-corrected chi connectivity index (χ4v) is 5.34. The Labute approximate surface area is 206 Å². The highest BCUT2D eigenvalue weighted by atomic mass is 16.5. The Morgan fingerprint density at radius 3 is 2.43 bits per heavy atom. The molecular weight excluding hydrogens is 434 g/mol. The molecule has 1 heterocycles. The number of aliphatic hydroxyl groups is 1. The summed E-state index contributed by atoms with van der Waals surface area (Å²) in [6, 6.07) is 30.8. The Morgan fingerprint density at radius 1 is 0.886 bits per heavy atom. The molecule has 2 N–H and O–H groups in total. The number of carbonyl (C=O) groups excluding carboxylic acids is 1. The van der Waals surface area contributed by atoms with Gasteiger partial charge in [0.25, 0.3) is 0 Å². The Hall–Kier alpha value is -3.63. The van der Waals surface area contributed by atoms with Crippen LogP contribution in [0.3, 0.4) is 0 Å². The topological polar surface area (TPSA) is 58.6 Å². The van der Waals surface area contributed by atoms with Crippen LogP contribution in [0.15, 0.2) is 91.0 Å². The lowest BCUT2D eigenvalue weighted by atomic mass is 9.72. The van der Waals surface area contributed by atoms with E-state index in [0.29, 0.717) is 31.6 Å². The molecule has 0 radical (unpaired) electrons. The number of nitrogens with one attached hydrogen (secondary N) is 1. The number of hydrogen-bond acceptors (Lipinski definition) is 4. The standard InChI is InChI=1S/C31H31NO3/c1-30(26-10-4-3-5-11-26,21-32-27-14-15-28-25(17-27)19-35-29(28)33)20-31(2,34)18-22-12-13-23-8-6-7-9-24(23)16-22/h3-17,32,34H,18-21H2,1-2H3. The Morgan fingerprint density at radius 2 is 1.63 bits per heavy atom. The second-order valence-corrected chi connectivity index (χ2v) is 10.3. The zero-order chi connectivity index (χ0) is 24.5. The number of benzene rings is 4. The van der Waals surface area contributed by atoms with Crippen molar-refractivity contribution >= 4 is 22.4 Å². The van der Waals surface area contributed by atoms with E-state index in [1.165, 1.54) is 16.3 Å². The van der Waals surface area contributed by atoms with Gasteiger partial charge in [0.15, 0.2) is 0 Å². The average molecular weight is 466 g/mol. The lowest BCUT2D eigenvalue weighted by Crippen LogP contribution is -2.41. The minimum atomic E-state index is -0.910. The molecule has 4 aromatic carbocycles. The molecule has 0 amide bonds. The molecule has 0 spiro atoms. The maximum atomic E-state index is 11.8. The van der Waals surface area contributed by atoms with Crippen molar-refractivity contribution in [2.45, 2.75) is 44.3 Å². The minimum absolute atomic E-state index is 0.259. The maximum absolute atomic E-state index is 11.8. The number of anilines is 1. The van der Waals surface area contributed by atoms with E-state index in [-0.39, 0.29) is 11.4 Å². The lowest BCUT2D eigenvalue weighted by molar-refractivity contribution is 0.0306. The highest BCUT2D eigenvalue weighted by molar-refractivity contribution is 5.93. The van der Waals surface area contributed by atoms with Crippen molar-refractivity contribution < 1.29 is 14.6 Å². The second kappa shape index (κ2) is 9.20. The zero-order valence-corrected chi connectivity index (χ0v) is 20.3. The fraction of sp³-hybridized carbons (Fsp3) is 0.258. The van der Waals surface area contributed by atoms with E-state index in [1.54, 1.807) is 0 Å². The van der Waals surface area contributed by atoms with E-state index in [2.05, 4.69) is 54.7 Å². The zero-order valence-electron chi connectivity index (χ0n) is 20.3. The van der Waals surface area contributed by atoms with Gasteiger partial charge in [0.1, 0.15) is 6.61 Å². The van der Waals surface area contributed by atoms with Crippen LogP contribution in [0.2, 0.25) is 0 Å². The third kappa shape index (κ3) is 5.08. The molecule has 4 heteroatoms. The van der Waals surface area contributed by atoms with Crippen LogP contribution < -0.4 is 5.32 Å². The van der Waals surface area contributed by atoms with Crippen molar-refractivity contribution in [3.63, 3.8) is 0 Å². The highest BCUT2D eigenvalue weighted by Crippen LogP contribution is 2.35. The molecule has 1 aliphatic heterocycles. The number of rotatable bonds is 8. The average Bonchev–Trinajstić information content (AvgIpc) is 3.22. The van der Waals surface area contributed by atoms with Gasteiger partial charge < -0.3 is 15.2 Å². The van der Waals surface area contributed by atoms with Crippen molar-refractivity contribution in [3.05, 3.63) is 113 Å². The third-order valence-corrected chi connectivity index (χ3v) is 7.01. The number of fused-ring (bicyclic) bond motifs is 2. The normalized spacial score (nSPS) is 16.3. The molecule has 1 aliphatic rings. The molecule has 0 aliphatic carbocycles. The van der Waals surface area contributed by atoms with E-state index in [9.17, 15) is 9.90 Å². The largest absolute Gasteiger partial charge is 0.457 e. The number of carbonyl (C=O) groups is 1. The van der Waals surface area contributed by atoms with Gasteiger partial charge >= 0.3 is 5.97 Å². The van der Waals surface area contributed by atoms with E-state index < -0.39 is 5.60 Å². The minimum Gasteiger partial charge on any atom is -0.457 e. The first kappa shape index (κ1) is 23.1. The van der Waals surface area contributed by atoms with Crippen LogP contribution in [-0.2, 0) is 23.2 Å². The van der Waals surface area contributed by atoms with Crippen molar-refractivity contribution in [3.8, 4) is 0 Å². The first-order valence-electron chi connectivity index (χ1n) is 12.1. The molecule has 0 aromatic heterocycles. The van der Waals surface area contributed by atoms with Gasteiger partial charge in [-0.1, -0.05) is 79.7 Å². The predicted molar refractivity (Wildman–Crippen MR) is 141 cm³/mol. The quantitative estimate of drug-likeness (QED) is 0.301. The monoisotopic (exact) mass is 465 g/mol. The first-order chi connectivity index (χ1) is 16.8. The molecule has 35 heavy (non-hydrogen) atoms. The van der Waals surface area contributed by atoms with Gasteiger partial charge in [-0.05, 0) is 53.4 Å². The van der Waals surface area contributed by atoms with Gasteiger partial charge in [-0.2, -0.15) is 0 Å². The number of ether oxygens (including phenoxy) is 1. The molecule has 0 fully saturated rings. The summed E-state index contributed by atoms with van der Waals surface area (Å²) in [5, 5.41) is 17.6. The summed E-state index contributed by atoms with van der Waals surface area (Å²) in [4.78, 5) is 11.8. The summed E-state index contributed by atoms with van der Waals surface area (Å²) in [6.45, 7) is 5.09. The van der Waals surface area contributed by atoms with Gasteiger partial charge in [-0.25, -0.2) is 4.79 Å². The van der Waals surface area contributed by atoms with Crippen molar-refractivity contribution in [2.75, 3.05) is 11.9 Å². The van der Waals surface area contributed by atoms with E-state index in [0.717, 1.165) is 16.8 Å². The number of esters is 1. The Kier molecular flexibility index (Phi) is 6.08. The molecule has 0 saturated carbocycles. The molecule has 2 unspecified atom stereocenters. The Balaban J connectivity index is 1.37. The molecule has 4 aromatic rings. The summed E-state index contributed by atoms with van der Waals surface area (Å²) in [7, 11) is 0. The molecule has 0 saturated heterocycles. The number of hydrogen-bond donors (Lipinski definition) is 2. The molecular formula is C31H31NO3. The second-order valence-electron chi connectivity index (χ2n) is 10.3. The smallest absolute Gasteiger partial charge is 0.338 e. The maximum Gasteiger partial charge on any atom is 0.338 e. The van der Waals surface area contributed by atoms with Crippen LogP contribution in [0.1, 0.15) is 47.3 Å². The van der Waals surface area contributed by atoms with Crippen LogP contribution in [0.4, 0.5) is 5.69 Å². The van der Waals surface area contributed by atoms with Gasteiger partial charge in [-0.15, -0.1) is 0 Å². The van der Waals surface area contributed by atoms with Crippen LogP contribution in [0, 0.1) is 0 Å². The molecule has 2 atom stereocenters. The van der Waals surface area contributed by atoms with Crippen molar-refractivity contribution in [1.82, 2.24) is 0 Å². The summed E-state index contributed by atoms with van der Waals surface area (Å²) in [6.07, 6.45) is 1.15. The van der Waals surface area contributed by atoms with Crippen LogP contribution in [0.5, 0.6) is 0 Å². The summed E-state index contributed by atoms with van der Waals surface area (Å²) >= 11 is 0. The highest BCUT2D eigenvalue weighted by Gasteiger charge is 2.36. The van der Waals surface area contributed by atoms with E-state index in [4.69, 9.17) is 4.74 Å². The van der Waals surface area contributed by atoms with Crippen molar-refractivity contribution in [1.29, 1.82) is 0 Å². The third-order valence-electron chi connectivity index (χ3n) is 7.01. The molecule has 0 bridgehead atoms. The molecule has 178 valence electrons. The van der Waals surface area contributed by atoms with Gasteiger partial charge in [0.05, 0.1) is 11.2 Å². The number of cyclic esters (lactones) is 1. The fourth-order valence-electron chi connectivity index (χ4n) is 5.34. The van der Waals surface area contributed by atoms with Crippen LogP contribution >= 0.6 is 0 Å². The molecule has 4 nitrogen and oxygen atoms in total. The van der Waals surface area contributed by atoms with Crippen molar-refractivity contribution in [2.24, 2.45) is 0 Å². The Bertz CT molecular complexity index is 1360. The van der Waals surface area contributed by atoms with Gasteiger partial charge in [0, 0.05) is 29.6 Å². The van der Waals surface area contributed by atoms with Gasteiger partial charge in [0.2, 0.25) is 0 Å². The summed E-state index contributed by atoms with van der Waals surface area (Å²) < 4.78 is 5.14. The van der Waals surface area contributed by atoms with Crippen LogP contribution in [-0.4, -0.2) is 23.2 Å². The summed E-state index contributed by atoms with van der Waals surface area (Å²) in [5.41, 5.74) is 3.55. The van der Waals surface area contributed by atoms with Crippen LogP contribution in [0.25, 0.3) is 10.8 Å². The SMILES string of the molecule is CC(O)(Cc1ccc2ccccc2c1)CC(C)(CNc1ccc2c(c1)COC2=O)c1ccccc1. The predicted octanol–water partition coefficient (Wildman–Crippen LogP) is 6.26. The van der Waals surface area contributed by atoms with Gasteiger partial charge in [-0.3, -0.25) is 0 Å².